The third-order valence-corrected chi connectivity index (χ3v) is 2.01. The van der Waals surface area contributed by atoms with Crippen molar-refractivity contribution in [2.45, 2.75) is 39.0 Å². The van der Waals surface area contributed by atoms with Crippen LogP contribution >= 0.6 is 0 Å². The van der Waals surface area contributed by atoms with Crippen LogP contribution in [0, 0.1) is 0 Å². The van der Waals surface area contributed by atoms with Gasteiger partial charge in [-0.05, 0) is 32.2 Å². The molecule has 0 spiro atoms. The van der Waals surface area contributed by atoms with Crippen LogP contribution < -0.4 is 5.73 Å². The Morgan fingerprint density at radius 3 is 2.00 bits per heavy atom. The fraction of sp³-hybridized carbons (Fsp3) is 1.00. The maximum Gasteiger partial charge on any atom is 0.0700 e. The third-order valence-electron chi connectivity index (χ3n) is 2.01. The van der Waals surface area contributed by atoms with E-state index in [2.05, 4.69) is 6.92 Å². The molecule has 0 heterocycles. The van der Waals surface area contributed by atoms with Crippen molar-refractivity contribution in [3.63, 3.8) is 0 Å². The van der Waals surface area contributed by atoms with Gasteiger partial charge in [-0.25, -0.2) is 0 Å². The van der Waals surface area contributed by atoms with Gasteiger partial charge in [0.1, 0.15) is 0 Å². The third kappa shape index (κ3) is 11.9. The van der Waals surface area contributed by atoms with E-state index in [-0.39, 0.29) is 0 Å². The number of ether oxygens (including phenoxy) is 2. The van der Waals surface area contributed by atoms with Gasteiger partial charge >= 0.3 is 0 Å². The first kappa shape index (κ1) is 13.9. The zero-order chi connectivity index (χ0) is 10.5. The molecule has 0 atom stereocenters. The van der Waals surface area contributed by atoms with Gasteiger partial charge in [0.15, 0.2) is 0 Å². The first-order chi connectivity index (χ1) is 6.91. The Morgan fingerprint density at radius 2 is 1.43 bits per heavy atom. The van der Waals surface area contributed by atoms with E-state index in [4.69, 9.17) is 15.2 Å². The summed E-state index contributed by atoms with van der Waals surface area (Å²) in [5, 5.41) is 0. The van der Waals surface area contributed by atoms with Gasteiger partial charge in [0.05, 0.1) is 13.2 Å². The first-order valence-corrected chi connectivity index (χ1v) is 5.77. The maximum absolute atomic E-state index is 5.39. The Morgan fingerprint density at radius 1 is 0.786 bits per heavy atom. The summed E-state index contributed by atoms with van der Waals surface area (Å²) in [4.78, 5) is 0. The van der Waals surface area contributed by atoms with E-state index >= 15 is 0 Å². The molecule has 0 saturated carbocycles. The minimum absolute atomic E-state index is 0.729. The average Bonchev–Trinajstić information content (AvgIpc) is 2.21. The van der Waals surface area contributed by atoms with Gasteiger partial charge in [-0.1, -0.05) is 13.3 Å². The van der Waals surface area contributed by atoms with Crippen molar-refractivity contribution in [1.82, 2.24) is 0 Å². The molecule has 0 aromatic heterocycles. The van der Waals surface area contributed by atoms with Crippen LogP contribution in [0.4, 0.5) is 0 Å². The van der Waals surface area contributed by atoms with Crippen LogP contribution in [0.3, 0.4) is 0 Å². The van der Waals surface area contributed by atoms with Gasteiger partial charge in [0, 0.05) is 13.2 Å². The number of nitrogens with two attached hydrogens (primary N) is 1. The highest BCUT2D eigenvalue weighted by Crippen LogP contribution is 1.94. The molecule has 0 rings (SSSR count). The highest BCUT2D eigenvalue weighted by Gasteiger charge is 1.90. The highest BCUT2D eigenvalue weighted by molar-refractivity contribution is 4.41. The van der Waals surface area contributed by atoms with Gasteiger partial charge < -0.3 is 15.2 Å². The molecule has 0 aromatic rings. The second-order valence-electron chi connectivity index (χ2n) is 3.43. The fourth-order valence-electron chi connectivity index (χ4n) is 1.09. The van der Waals surface area contributed by atoms with E-state index in [1.54, 1.807) is 0 Å². The Kier molecular flexibility index (Phi) is 12.8. The Hall–Kier alpha value is -0.120. The number of rotatable bonds is 11. The number of hydrogen-bond donors (Lipinski definition) is 1. The maximum atomic E-state index is 5.39. The second kappa shape index (κ2) is 12.9. The van der Waals surface area contributed by atoms with Crippen LogP contribution in [-0.2, 0) is 9.47 Å². The lowest BCUT2D eigenvalue weighted by atomic mass is 10.2. The SMILES string of the molecule is CCCCOCCOCCCCCN. The lowest BCUT2D eigenvalue weighted by molar-refractivity contribution is 0.0453. The van der Waals surface area contributed by atoms with Crippen LogP contribution in [0.1, 0.15) is 39.0 Å². The predicted molar refractivity (Wildman–Crippen MR) is 59.5 cm³/mol. The van der Waals surface area contributed by atoms with Crippen molar-refractivity contribution < 1.29 is 9.47 Å². The van der Waals surface area contributed by atoms with Crippen LogP contribution in [-0.4, -0.2) is 33.0 Å². The molecule has 3 nitrogen and oxygen atoms in total. The van der Waals surface area contributed by atoms with E-state index in [0.717, 1.165) is 52.2 Å². The van der Waals surface area contributed by atoms with Crippen LogP contribution in [0.2, 0.25) is 0 Å². The summed E-state index contributed by atoms with van der Waals surface area (Å²) in [6.45, 7) is 6.13. The molecule has 0 aliphatic rings. The van der Waals surface area contributed by atoms with Crippen molar-refractivity contribution in [3.8, 4) is 0 Å². The van der Waals surface area contributed by atoms with Gasteiger partial charge in [0.25, 0.3) is 0 Å². The van der Waals surface area contributed by atoms with E-state index < -0.39 is 0 Å². The van der Waals surface area contributed by atoms with E-state index in [1.165, 1.54) is 12.8 Å². The summed E-state index contributed by atoms with van der Waals surface area (Å²) < 4.78 is 10.8. The Labute approximate surface area is 88.0 Å². The first-order valence-electron chi connectivity index (χ1n) is 5.77. The van der Waals surface area contributed by atoms with E-state index in [0.29, 0.717) is 0 Å². The summed E-state index contributed by atoms with van der Waals surface area (Å²) >= 11 is 0. The molecule has 0 aliphatic carbocycles. The molecule has 3 heteroatoms. The van der Waals surface area contributed by atoms with Gasteiger partial charge in [-0.2, -0.15) is 0 Å². The number of hydrogen-bond acceptors (Lipinski definition) is 3. The zero-order valence-corrected chi connectivity index (χ0v) is 9.46. The molecule has 0 amide bonds. The summed E-state index contributed by atoms with van der Waals surface area (Å²) in [6.07, 6.45) is 5.74. The normalized spacial score (nSPS) is 10.7. The summed E-state index contributed by atoms with van der Waals surface area (Å²) in [7, 11) is 0. The lowest BCUT2D eigenvalue weighted by Crippen LogP contribution is -2.06. The van der Waals surface area contributed by atoms with Crippen LogP contribution in [0.15, 0.2) is 0 Å². The average molecular weight is 203 g/mol. The zero-order valence-electron chi connectivity index (χ0n) is 9.46. The monoisotopic (exact) mass is 203 g/mol. The van der Waals surface area contributed by atoms with Crippen LogP contribution in [0.25, 0.3) is 0 Å². The molecule has 86 valence electrons. The summed E-state index contributed by atoms with van der Waals surface area (Å²) in [6, 6.07) is 0. The Bertz CT molecular complexity index is 87.3. The topological polar surface area (TPSA) is 44.5 Å². The second-order valence-corrected chi connectivity index (χ2v) is 3.43. The smallest absolute Gasteiger partial charge is 0.0700 e. The molecule has 0 aromatic carbocycles. The minimum atomic E-state index is 0.729. The van der Waals surface area contributed by atoms with E-state index in [9.17, 15) is 0 Å². The molecule has 0 unspecified atom stereocenters. The standard InChI is InChI=1S/C11H25NO2/c1-2-3-8-13-10-11-14-9-6-4-5-7-12/h2-12H2,1H3. The van der Waals surface area contributed by atoms with Crippen molar-refractivity contribution in [2.75, 3.05) is 33.0 Å². The highest BCUT2D eigenvalue weighted by atomic mass is 16.5. The molecule has 0 bridgehead atoms. The lowest BCUT2D eigenvalue weighted by Gasteiger charge is -2.04. The molecular weight excluding hydrogens is 178 g/mol. The predicted octanol–water partition coefficient (Wildman–Crippen LogP) is 1.95. The quantitative estimate of drug-likeness (QED) is 0.522. The Balaban J connectivity index is 2.78. The minimum Gasteiger partial charge on any atom is -0.379 e. The number of unbranched alkanes of at least 4 members (excludes halogenated alkanes) is 3. The van der Waals surface area contributed by atoms with Crippen LogP contribution in [0.5, 0.6) is 0 Å². The van der Waals surface area contributed by atoms with Crippen molar-refractivity contribution in [2.24, 2.45) is 5.73 Å². The van der Waals surface area contributed by atoms with Crippen molar-refractivity contribution in [3.05, 3.63) is 0 Å². The molecule has 14 heavy (non-hydrogen) atoms. The summed E-state index contributed by atoms with van der Waals surface area (Å²) in [5.74, 6) is 0. The molecule has 0 radical (unpaired) electrons. The molecule has 0 aliphatic heterocycles. The van der Waals surface area contributed by atoms with Gasteiger partial charge in [0.2, 0.25) is 0 Å². The fourth-order valence-corrected chi connectivity index (χ4v) is 1.09. The summed E-state index contributed by atoms with van der Waals surface area (Å²) in [5.41, 5.74) is 5.38. The van der Waals surface area contributed by atoms with Crippen molar-refractivity contribution in [1.29, 1.82) is 0 Å². The molecule has 2 N–H and O–H groups in total. The van der Waals surface area contributed by atoms with Gasteiger partial charge in [-0.3, -0.25) is 0 Å². The molecule has 0 fully saturated rings. The largest absolute Gasteiger partial charge is 0.379 e. The molecular formula is C11H25NO2. The van der Waals surface area contributed by atoms with Gasteiger partial charge in [-0.15, -0.1) is 0 Å². The molecule has 0 saturated heterocycles. The van der Waals surface area contributed by atoms with Crippen molar-refractivity contribution >= 4 is 0 Å². The van der Waals surface area contributed by atoms with E-state index in [1.807, 2.05) is 0 Å².